The Kier molecular flexibility index (Phi) is 5.70. The molecule has 0 spiro atoms. The van der Waals surface area contributed by atoms with E-state index in [-0.39, 0.29) is 5.95 Å². The lowest BCUT2D eigenvalue weighted by Gasteiger charge is -2.13. The van der Waals surface area contributed by atoms with Gasteiger partial charge in [-0.05, 0) is 13.3 Å². The Bertz CT molecular complexity index is 492. The van der Waals surface area contributed by atoms with E-state index in [9.17, 15) is 9.59 Å². The van der Waals surface area contributed by atoms with Crippen molar-refractivity contribution < 1.29 is 24.5 Å². The Labute approximate surface area is 115 Å². The third kappa shape index (κ3) is 5.09. The second kappa shape index (κ2) is 7.27. The second-order valence-electron chi connectivity index (χ2n) is 4.15. The van der Waals surface area contributed by atoms with Gasteiger partial charge in [0.1, 0.15) is 6.04 Å². The molecule has 1 unspecified atom stereocenters. The van der Waals surface area contributed by atoms with Crippen molar-refractivity contribution in [3.8, 4) is 5.88 Å². The van der Waals surface area contributed by atoms with Crippen LogP contribution < -0.4 is 10.1 Å². The highest BCUT2D eigenvalue weighted by Crippen LogP contribution is 2.13. The van der Waals surface area contributed by atoms with Crippen molar-refractivity contribution in [2.45, 2.75) is 32.7 Å². The maximum Gasteiger partial charge on any atom is 0.326 e. The van der Waals surface area contributed by atoms with Gasteiger partial charge in [0.05, 0.1) is 13.0 Å². The van der Waals surface area contributed by atoms with E-state index in [1.807, 2.05) is 6.92 Å². The lowest BCUT2D eigenvalue weighted by Crippen LogP contribution is -2.32. The minimum Gasteiger partial charge on any atom is -0.481 e. The fraction of sp³-hybridized carbons (Fsp3) is 0.500. The number of carboxylic acids is 2. The van der Waals surface area contributed by atoms with Gasteiger partial charge in [-0.1, -0.05) is 6.92 Å². The van der Waals surface area contributed by atoms with E-state index in [4.69, 9.17) is 14.9 Å². The van der Waals surface area contributed by atoms with Crippen LogP contribution in [0, 0.1) is 6.92 Å². The van der Waals surface area contributed by atoms with Crippen molar-refractivity contribution in [3.63, 3.8) is 0 Å². The minimum absolute atomic E-state index is 0.0322. The molecule has 8 nitrogen and oxygen atoms in total. The molecule has 0 aliphatic heterocycles. The topological polar surface area (TPSA) is 122 Å². The zero-order valence-corrected chi connectivity index (χ0v) is 11.3. The lowest BCUT2D eigenvalue weighted by molar-refractivity contribution is -0.144. The number of ether oxygens (including phenoxy) is 1. The molecule has 0 saturated heterocycles. The third-order valence-electron chi connectivity index (χ3n) is 2.26. The normalized spacial score (nSPS) is 11.7. The van der Waals surface area contributed by atoms with E-state index < -0.39 is 24.4 Å². The van der Waals surface area contributed by atoms with Gasteiger partial charge in [0.2, 0.25) is 11.8 Å². The average Bonchev–Trinajstić information content (AvgIpc) is 2.34. The van der Waals surface area contributed by atoms with E-state index in [2.05, 4.69) is 15.3 Å². The first kappa shape index (κ1) is 15.7. The molecular formula is C12H17N3O5. The molecule has 1 heterocycles. The summed E-state index contributed by atoms with van der Waals surface area (Å²) in [5, 5.41) is 20.1. The summed E-state index contributed by atoms with van der Waals surface area (Å²) in [6.07, 6.45) is 0.236. The first-order chi connectivity index (χ1) is 9.42. The van der Waals surface area contributed by atoms with Crippen LogP contribution in [0.5, 0.6) is 5.88 Å². The molecule has 1 aromatic heterocycles. The van der Waals surface area contributed by atoms with E-state index in [1.165, 1.54) is 0 Å². The number of aliphatic carboxylic acids is 2. The molecular weight excluding hydrogens is 266 g/mol. The molecule has 0 aromatic carbocycles. The Morgan fingerprint density at radius 3 is 2.65 bits per heavy atom. The quantitative estimate of drug-likeness (QED) is 0.643. The smallest absolute Gasteiger partial charge is 0.326 e. The van der Waals surface area contributed by atoms with Crippen molar-refractivity contribution in [2.75, 3.05) is 11.9 Å². The summed E-state index contributed by atoms with van der Waals surface area (Å²) in [5.41, 5.74) is 0.591. The number of carboxylic acid groups (broad SMARTS) is 2. The van der Waals surface area contributed by atoms with Crippen LogP contribution in [-0.2, 0) is 9.59 Å². The highest BCUT2D eigenvalue weighted by Gasteiger charge is 2.22. The second-order valence-corrected chi connectivity index (χ2v) is 4.15. The Balaban J connectivity index is 2.86. The SMILES string of the molecule is CCCOc1cc(C)nc(NC(CC(=O)O)C(=O)O)n1. The molecule has 8 heteroatoms. The molecule has 0 bridgehead atoms. The van der Waals surface area contributed by atoms with Gasteiger partial charge in [0.15, 0.2) is 0 Å². The first-order valence-electron chi connectivity index (χ1n) is 6.12. The van der Waals surface area contributed by atoms with Crippen LogP contribution in [0.15, 0.2) is 6.07 Å². The Morgan fingerprint density at radius 1 is 1.40 bits per heavy atom. The molecule has 1 rings (SSSR count). The van der Waals surface area contributed by atoms with E-state index in [1.54, 1.807) is 13.0 Å². The zero-order valence-electron chi connectivity index (χ0n) is 11.3. The van der Waals surface area contributed by atoms with Crippen LogP contribution in [0.3, 0.4) is 0 Å². The maximum absolute atomic E-state index is 11.0. The molecule has 0 aliphatic carbocycles. The number of aromatic nitrogens is 2. The monoisotopic (exact) mass is 283 g/mol. The van der Waals surface area contributed by atoms with Crippen LogP contribution in [0.4, 0.5) is 5.95 Å². The highest BCUT2D eigenvalue weighted by molar-refractivity contribution is 5.82. The van der Waals surface area contributed by atoms with Crippen LogP contribution in [-0.4, -0.2) is 44.8 Å². The predicted octanol–water partition coefficient (Wildman–Crippen LogP) is 0.914. The molecule has 0 amide bonds. The minimum atomic E-state index is -1.30. The zero-order chi connectivity index (χ0) is 15.1. The van der Waals surface area contributed by atoms with E-state index in [0.717, 1.165) is 6.42 Å². The average molecular weight is 283 g/mol. The summed E-state index contributed by atoms with van der Waals surface area (Å²) in [6.45, 7) is 4.13. The molecule has 0 aliphatic rings. The summed E-state index contributed by atoms with van der Waals surface area (Å²) in [5.74, 6) is -2.15. The molecule has 0 radical (unpaired) electrons. The van der Waals surface area contributed by atoms with Crippen molar-refractivity contribution in [1.29, 1.82) is 0 Å². The van der Waals surface area contributed by atoms with E-state index in [0.29, 0.717) is 18.2 Å². The van der Waals surface area contributed by atoms with Gasteiger partial charge in [-0.2, -0.15) is 4.98 Å². The van der Waals surface area contributed by atoms with Gasteiger partial charge in [-0.25, -0.2) is 9.78 Å². The van der Waals surface area contributed by atoms with Crippen molar-refractivity contribution in [2.24, 2.45) is 0 Å². The van der Waals surface area contributed by atoms with Gasteiger partial charge < -0.3 is 20.3 Å². The van der Waals surface area contributed by atoms with E-state index >= 15 is 0 Å². The van der Waals surface area contributed by atoms with Crippen LogP contribution in [0.2, 0.25) is 0 Å². The van der Waals surface area contributed by atoms with Crippen LogP contribution in [0.25, 0.3) is 0 Å². The molecule has 3 N–H and O–H groups in total. The Hall–Kier alpha value is -2.38. The number of nitrogens with one attached hydrogen (secondary N) is 1. The third-order valence-corrected chi connectivity index (χ3v) is 2.26. The van der Waals surface area contributed by atoms with Crippen LogP contribution >= 0.6 is 0 Å². The van der Waals surface area contributed by atoms with Crippen molar-refractivity contribution >= 4 is 17.9 Å². The van der Waals surface area contributed by atoms with Crippen molar-refractivity contribution in [1.82, 2.24) is 9.97 Å². The number of hydrogen-bond acceptors (Lipinski definition) is 6. The number of anilines is 1. The fourth-order valence-corrected chi connectivity index (χ4v) is 1.42. The first-order valence-corrected chi connectivity index (χ1v) is 6.12. The number of carbonyl (C=O) groups is 2. The number of hydrogen-bond donors (Lipinski definition) is 3. The van der Waals surface area contributed by atoms with Gasteiger partial charge in [-0.3, -0.25) is 4.79 Å². The summed E-state index contributed by atoms with van der Waals surface area (Å²) in [7, 11) is 0. The Morgan fingerprint density at radius 2 is 2.10 bits per heavy atom. The fourth-order valence-electron chi connectivity index (χ4n) is 1.42. The summed E-state index contributed by atoms with van der Waals surface area (Å²) in [6, 6.07) is 0.321. The molecule has 1 atom stereocenters. The molecule has 20 heavy (non-hydrogen) atoms. The summed E-state index contributed by atoms with van der Waals surface area (Å²) in [4.78, 5) is 29.6. The van der Waals surface area contributed by atoms with Gasteiger partial charge in [0, 0.05) is 11.8 Å². The van der Waals surface area contributed by atoms with Gasteiger partial charge >= 0.3 is 11.9 Å². The standard InChI is InChI=1S/C12H17N3O5/c1-3-4-20-9-5-7(2)13-12(15-9)14-8(11(18)19)6-10(16)17/h5,8H,3-4,6H2,1-2H3,(H,16,17)(H,18,19)(H,13,14,15). The largest absolute Gasteiger partial charge is 0.481 e. The highest BCUT2D eigenvalue weighted by atomic mass is 16.5. The van der Waals surface area contributed by atoms with Gasteiger partial charge in [0.25, 0.3) is 0 Å². The summed E-state index contributed by atoms with van der Waals surface area (Å²) < 4.78 is 5.34. The number of nitrogens with zero attached hydrogens (tertiary/aromatic N) is 2. The van der Waals surface area contributed by atoms with Crippen molar-refractivity contribution in [3.05, 3.63) is 11.8 Å². The molecule has 0 fully saturated rings. The number of aryl methyl sites for hydroxylation is 1. The van der Waals surface area contributed by atoms with Gasteiger partial charge in [-0.15, -0.1) is 0 Å². The van der Waals surface area contributed by atoms with Crippen LogP contribution in [0.1, 0.15) is 25.5 Å². The molecule has 0 saturated carbocycles. The number of rotatable bonds is 8. The molecule has 110 valence electrons. The predicted molar refractivity (Wildman–Crippen MR) is 69.9 cm³/mol. The summed E-state index contributed by atoms with van der Waals surface area (Å²) >= 11 is 0. The lowest BCUT2D eigenvalue weighted by atomic mass is 10.2. The molecule has 1 aromatic rings. The maximum atomic E-state index is 11.0.